The van der Waals surface area contributed by atoms with Crippen molar-refractivity contribution in [3.8, 4) is 0 Å². The maximum absolute atomic E-state index is 12.5. The molecule has 0 bridgehead atoms. The maximum atomic E-state index is 12.5. The lowest BCUT2D eigenvalue weighted by Crippen LogP contribution is -2.49. The molecule has 0 spiro atoms. The van der Waals surface area contributed by atoms with E-state index in [9.17, 15) is 9.59 Å². The Morgan fingerprint density at radius 3 is 2.33 bits per heavy atom. The zero-order chi connectivity index (χ0) is 19.2. The molecule has 1 aliphatic rings. The lowest BCUT2D eigenvalue weighted by molar-refractivity contribution is -0.132. The summed E-state index contributed by atoms with van der Waals surface area (Å²) >= 11 is 1.70. The van der Waals surface area contributed by atoms with Gasteiger partial charge in [0, 0.05) is 43.0 Å². The molecule has 2 aromatic rings. The molecular weight excluding hydrogens is 356 g/mol. The predicted octanol–water partition coefficient (Wildman–Crippen LogP) is 3.83. The number of rotatable bonds is 7. The van der Waals surface area contributed by atoms with E-state index in [0.717, 1.165) is 25.1 Å². The van der Waals surface area contributed by atoms with Crippen molar-refractivity contribution in [1.29, 1.82) is 0 Å². The summed E-state index contributed by atoms with van der Waals surface area (Å²) in [6.45, 7) is 7.68. The quantitative estimate of drug-likeness (QED) is 0.681. The topological polar surface area (TPSA) is 40.6 Å². The number of ketones is 1. The SMILES string of the molecule is CC(C)c1ccc(C(=O)CN2CCN(C(=O)CCc3cccs3)CC2)cc1. The van der Waals surface area contributed by atoms with Crippen LogP contribution in [0, 0.1) is 0 Å². The zero-order valence-corrected chi connectivity index (χ0v) is 17.0. The van der Waals surface area contributed by atoms with Gasteiger partial charge in [0.15, 0.2) is 5.78 Å². The van der Waals surface area contributed by atoms with Gasteiger partial charge in [0.25, 0.3) is 0 Å². The molecule has 4 nitrogen and oxygen atoms in total. The van der Waals surface area contributed by atoms with Gasteiger partial charge >= 0.3 is 0 Å². The van der Waals surface area contributed by atoms with Crippen LogP contribution in [0.4, 0.5) is 0 Å². The maximum Gasteiger partial charge on any atom is 0.223 e. The summed E-state index contributed by atoms with van der Waals surface area (Å²) < 4.78 is 0. The molecule has 1 amide bonds. The molecule has 27 heavy (non-hydrogen) atoms. The first-order valence-electron chi connectivity index (χ1n) is 9.68. The van der Waals surface area contributed by atoms with Crippen LogP contribution < -0.4 is 0 Å². The van der Waals surface area contributed by atoms with Crippen LogP contribution in [-0.4, -0.2) is 54.2 Å². The van der Waals surface area contributed by atoms with Crippen molar-refractivity contribution in [2.24, 2.45) is 0 Å². The molecule has 1 fully saturated rings. The van der Waals surface area contributed by atoms with Crippen molar-refractivity contribution in [2.45, 2.75) is 32.6 Å². The molecule has 0 radical (unpaired) electrons. The molecule has 0 saturated carbocycles. The first-order chi connectivity index (χ1) is 13.0. The van der Waals surface area contributed by atoms with Crippen molar-refractivity contribution < 1.29 is 9.59 Å². The van der Waals surface area contributed by atoms with Gasteiger partial charge in [-0.05, 0) is 29.3 Å². The van der Waals surface area contributed by atoms with E-state index in [2.05, 4.69) is 24.8 Å². The van der Waals surface area contributed by atoms with Crippen LogP contribution >= 0.6 is 11.3 Å². The zero-order valence-electron chi connectivity index (χ0n) is 16.2. The number of amides is 1. The smallest absolute Gasteiger partial charge is 0.223 e. The van der Waals surface area contributed by atoms with Gasteiger partial charge in [-0.15, -0.1) is 11.3 Å². The minimum Gasteiger partial charge on any atom is -0.340 e. The lowest BCUT2D eigenvalue weighted by Gasteiger charge is -2.34. The minimum absolute atomic E-state index is 0.155. The Morgan fingerprint density at radius 2 is 1.74 bits per heavy atom. The highest BCUT2D eigenvalue weighted by Crippen LogP contribution is 2.16. The van der Waals surface area contributed by atoms with Crippen LogP contribution in [0.5, 0.6) is 0 Å². The molecule has 0 N–H and O–H groups in total. The number of nitrogens with zero attached hydrogens (tertiary/aromatic N) is 2. The van der Waals surface area contributed by atoms with E-state index in [1.807, 2.05) is 40.6 Å². The number of carbonyl (C=O) groups is 2. The van der Waals surface area contributed by atoms with Crippen LogP contribution in [0.25, 0.3) is 0 Å². The number of Topliss-reactive ketones (excluding diaryl/α,β-unsaturated/α-hetero) is 1. The minimum atomic E-state index is 0.155. The Kier molecular flexibility index (Phi) is 6.80. The van der Waals surface area contributed by atoms with Gasteiger partial charge < -0.3 is 4.90 Å². The van der Waals surface area contributed by atoms with Crippen LogP contribution in [0.2, 0.25) is 0 Å². The molecule has 1 saturated heterocycles. The van der Waals surface area contributed by atoms with E-state index in [1.165, 1.54) is 10.4 Å². The molecule has 5 heteroatoms. The molecule has 2 heterocycles. The van der Waals surface area contributed by atoms with Crippen molar-refractivity contribution in [3.63, 3.8) is 0 Å². The van der Waals surface area contributed by atoms with Gasteiger partial charge in [-0.3, -0.25) is 14.5 Å². The van der Waals surface area contributed by atoms with Gasteiger partial charge in [-0.2, -0.15) is 0 Å². The van der Waals surface area contributed by atoms with Gasteiger partial charge in [0.05, 0.1) is 6.54 Å². The molecule has 144 valence electrons. The average molecular weight is 385 g/mol. The van der Waals surface area contributed by atoms with Crippen molar-refractivity contribution in [2.75, 3.05) is 32.7 Å². The van der Waals surface area contributed by atoms with Crippen LogP contribution in [0.3, 0.4) is 0 Å². The fourth-order valence-corrected chi connectivity index (χ4v) is 4.06. The van der Waals surface area contributed by atoms with E-state index >= 15 is 0 Å². The highest BCUT2D eigenvalue weighted by atomic mass is 32.1. The van der Waals surface area contributed by atoms with Crippen molar-refractivity contribution in [3.05, 3.63) is 57.8 Å². The number of piperazine rings is 1. The molecule has 3 rings (SSSR count). The summed E-state index contributed by atoms with van der Waals surface area (Å²) in [5.41, 5.74) is 2.02. The van der Waals surface area contributed by atoms with Crippen molar-refractivity contribution >= 4 is 23.0 Å². The number of benzene rings is 1. The third-order valence-electron chi connectivity index (χ3n) is 5.16. The Labute approximate surface area is 165 Å². The summed E-state index contributed by atoms with van der Waals surface area (Å²) in [5, 5.41) is 2.05. The summed E-state index contributed by atoms with van der Waals surface area (Å²) in [5.74, 6) is 0.848. The third-order valence-corrected chi connectivity index (χ3v) is 6.09. The van der Waals surface area contributed by atoms with E-state index in [1.54, 1.807) is 11.3 Å². The fraction of sp³-hybridized carbons (Fsp3) is 0.455. The van der Waals surface area contributed by atoms with Crippen molar-refractivity contribution in [1.82, 2.24) is 9.80 Å². The van der Waals surface area contributed by atoms with E-state index in [-0.39, 0.29) is 11.7 Å². The number of hydrogen-bond donors (Lipinski definition) is 0. The Bertz CT molecular complexity index is 745. The molecule has 1 aliphatic heterocycles. The second kappa shape index (κ2) is 9.29. The molecule has 1 aromatic heterocycles. The molecular formula is C22H28N2O2S. The molecule has 1 aromatic carbocycles. The van der Waals surface area contributed by atoms with E-state index in [4.69, 9.17) is 0 Å². The summed E-state index contributed by atoms with van der Waals surface area (Å²) in [6.07, 6.45) is 1.39. The molecule has 0 unspecified atom stereocenters. The van der Waals surface area contributed by atoms with Gasteiger partial charge in [-0.1, -0.05) is 44.2 Å². The fourth-order valence-electron chi connectivity index (χ4n) is 3.35. The van der Waals surface area contributed by atoms with E-state index < -0.39 is 0 Å². The normalized spacial score (nSPS) is 15.3. The van der Waals surface area contributed by atoms with Crippen LogP contribution in [-0.2, 0) is 11.2 Å². The number of hydrogen-bond acceptors (Lipinski definition) is 4. The number of thiophene rings is 1. The first-order valence-corrected chi connectivity index (χ1v) is 10.6. The second-order valence-electron chi connectivity index (χ2n) is 7.44. The van der Waals surface area contributed by atoms with Gasteiger partial charge in [-0.25, -0.2) is 0 Å². The Morgan fingerprint density at radius 1 is 1.04 bits per heavy atom. The summed E-state index contributed by atoms with van der Waals surface area (Å²) in [7, 11) is 0. The number of carbonyl (C=O) groups excluding carboxylic acids is 2. The Balaban J connectivity index is 1.43. The van der Waals surface area contributed by atoms with Crippen LogP contribution in [0.1, 0.15) is 47.0 Å². The van der Waals surface area contributed by atoms with Crippen LogP contribution in [0.15, 0.2) is 41.8 Å². The highest BCUT2D eigenvalue weighted by molar-refractivity contribution is 7.09. The first kappa shape index (κ1) is 19.8. The summed E-state index contributed by atoms with van der Waals surface area (Å²) in [4.78, 5) is 30.2. The molecule has 0 atom stereocenters. The van der Waals surface area contributed by atoms with E-state index in [0.29, 0.717) is 32.0 Å². The summed E-state index contributed by atoms with van der Waals surface area (Å²) in [6, 6.07) is 12.1. The lowest BCUT2D eigenvalue weighted by atomic mass is 10.0. The average Bonchev–Trinajstić information content (AvgIpc) is 3.20. The Hall–Kier alpha value is -1.98. The van der Waals surface area contributed by atoms with Gasteiger partial charge in [0.1, 0.15) is 0 Å². The third kappa shape index (κ3) is 5.50. The van der Waals surface area contributed by atoms with Gasteiger partial charge in [0.2, 0.25) is 5.91 Å². The standard InChI is InChI=1S/C22H28N2O2S/c1-17(2)18-5-7-19(8-6-18)21(25)16-23-11-13-24(14-12-23)22(26)10-9-20-4-3-15-27-20/h3-8,15,17H,9-14,16H2,1-2H3. The molecule has 0 aliphatic carbocycles. The highest BCUT2D eigenvalue weighted by Gasteiger charge is 2.22. The second-order valence-corrected chi connectivity index (χ2v) is 8.47. The monoisotopic (exact) mass is 384 g/mol. The predicted molar refractivity (Wildman–Crippen MR) is 111 cm³/mol. The number of aryl methyl sites for hydroxylation is 1. The largest absolute Gasteiger partial charge is 0.340 e.